The molecule has 104 valence electrons. The lowest BCUT2D eigenvalue weighted by molar-refractivity contribution is -0.135. The molecule has 0 bridgehead atoms. The van der Waals surface area contributed by atoms with Crippen molar-refractivity contribution in [1.82, 2.24) is 9.80 Å². The van der Waals surface area contributed by atoms with Crippen molar-refractivity contribution in [3.8, 4) is 0 Å². The molecule has 4 nitrogen and oxygen atoms in total. The lowest BCUT2D eigenvalue weighted by Crippen LogP contribution is -2.41. The molecule has 0 radical (unpaired) electrons. The van der Waals surface area contributed by atoms with Crippen LogP contribution in [0.3, 0.4) is 0 Å². The molecule has 1 fully saturated rings. The number of nitrogens with zero attached hydrogens (tertiary/aromatic N) is 2. The van der Waals surface area contributed by atoms with Gasteiger partial charge in [0.05, 0.1) is 0 Å². The zero-order valence-electron chi connectivity index (χ0n) is 11.7. The molecule has 0 saturated carbocycles. The van der Waals surface area contributed by atoms with Crippen molar-refractivity contribution in [2.45, 2.75) is 25.4 Å². The molecule has 2 atom stereocenters. The molecule has 4 heteroatoms. The maximum absolute atomic E-state index is 12.7. The van der Waals surface area contributed by atoms with E-state index in [4.69, 9.17) is 5.73 Å². The molecule has 1 unspecified atom stereocenters. The van der Waals surface area contributed by atoms with Gasteiger partial charge in [-0.2, -0.15) is 0 Å². The summed E-state index contributed by atoms with van der Waals surface area (Å²) in [4.78, 5) is 16.7. The molecule has 0 spiro atoms. The van der Waals surface area contributed by atoms with Crippen molar-refractivity contribution in [3.05, 3.63) is 35.9 Å². The predicted molar refractivity (Wildman–Crippen MR) is 76.7 cm³/mol. The number of carbonyl (C=O) groups excluding carboxylic acids is 1. The van der Waals surface area contributed by atoms with Gasteiger partial charge in [-0.3, -0.25) is 9.69 Å². The molecule has 1 aliphatic heterocycles. The number of nitrogens with two attached hydrogens (primary N) is 1. The lowest BCUT2D eigenvalue weighted by Gasteiger charge is -2.30. The predicted octanol–water partition coefficient (Wildman–Crippen LogP) is 1.24. The second kappa shape index (κ2) is 6.17. The van der Waals surface area contributed by atoms with Gasteiger partial charge < -0.3 is 10.6 Å². The Labute approximate surface area is 115 Å². The van der Waals surface area contributed by atoms with E-state index >= 15 is 0 Å². The Morgan fingerprint density at radius 2 is 2.16 bits per heavy atom. The molecular formula is C15H23N3O. The summed E-state index contributed by atoms with van der Waals surface area (Å²) in [7, 11) is 1.99. The van der Waals surface area contributed by atoms with E-state index in [1.165, 1.54) is 0 Å². The third-order valence-corrected chi connectivity index (χ3v) is 3.83. The van der Waals surface area contributed by atoms with Crippen molar-refractivity contribution in [2.75, 3.05) is 26.7 Å². The van der Waals surface area contributed by atoms with E-state index in [1.807, 2.05) is 42.3 Å². The number of hydrogen-bond acceptors (Lipinski definition) is 3. The molecule has 2 N–H and O–H groups in total. The Kier molecular flexibility index (Phi) is 4.56. The van der Waals surface area contributed by atoms with Crippen molar-refractivity contribution in [2.24, 2.45) is 5.73 Å². The van der Waals surface area contributed by atoms with Crippen LogP contribution in [0.15, 0.2) is 30.3 Å². The van der Waals surface area contributed by atoms with E-state index in [-0.39, 0.29) is 18.0 Å². The van der Waals surface area contributed by atoms with Crippen molar-refractivity contribution in [1.29, 1.82) is 0 Å². The number of rotatable bonds is 4. The zero-order valence-corrected chi connectivity index (χ0v) is 11.7. The minimum absolute atomic E-state index is 0.132. The number of likely N-dealkylation sites (N-methyl/N-ethyl adjacent to an activating group) is 1. The number of hydrogen-bond donors (Lipinski definition) is 1. The summed E-state index contributed by atoms with van der Waals surface area (Å²) < 4.78 is 0. The summed E-state index contributed by atoms with van der Waals surface area (Å²) >= 11 is 0. The molecule has 1 amide bonds. The van der Waals surface area contributed by atoms with E-state index in [0.717, 1.165) is 25.1 Å². The highest BCUT2D eigenvalue weighted by Gasteiger charge is 2.32. The van der Waals surface area contributed by atoms with E-state index < -0.39 is 0 Å². The number of likely N-dealkylation sites (tertiary alicyclic amines) is 1. The average Bonchev–Trinajstić information content (AvgIpc) is 2.86. The highest BCUT2D eigenvalue weighted by atomic mass is 16.2. The van der Waals surface area contributed by atoms with Crippen LogP contribution in [0, 0.1) is 0 Å². The number of benzene rings is 1. The third kappa shape index (κ3) is 3.14. The summed E-state index contributed by atoms with van der Waals surface area (Å²) in [6, 6.07) is 9.91. The van der Waals surface area contributed by atoms with Gasteiger partial charge in [0.2, 0.25) is 5.91 Å². The van der Waals surface area contributed by atoms with Crippen LogP contribution in [-0.2, 0) is 4.79 Å². The normalized spacial score (nSPS) is 20.8. The Hall–Kier alpha value is -1.39. The highest BCUT2D eigenvalue weighted by molar-refractivity contribution is 5.83. The van der Waals surface area contributed by atoms with Crippen molar-refractivity contribution >= 4 is 5.91 Å². The van der Waals surface area contributed by atoms with Crippen molar-refractivity contribution < 1.29 is 4.79 Å². The summed E-state index contributed by atoms with van der Waals surface area (Å²) in [6.07, 6.45) is 0.906. The van der Waals surface area contributed by atoms with Gasteiger partial charge in [-0.25, -0.2) is 0 Å². The summed E-state index contributed by atoms with van der Waals surface area (Å²) in [5.74, 6) is 0.170. The lowest BCUT2D eigenvalue weighted by atomic mass is 10.0. The quantitative estimate of drug-likeness (QED) is 0.887. The van der Waals surface area contributed by atoms with E-state index in [9.17, 15) is 4.79 Å². The Morgan fingerprint density at radius 1 is 1.47 bits per heavy atom. The molecule has 1 aliphatic rings. The van der Waals surface area contributed by atoms with Crippen LogP contribution in [0.1, 0.15) is 24.9 Å². The Balaban J connectivity index is 2.21. The van der Waals surface area contributed by atoms with Gasteiger partial charge in [0.25, 0.3) is 0 Å². The maximum atomic E-state index is 12.7. The largest absolute Gasteiger partial charge is 0.339 e. The monoisotopic (exact) mass is 261 g/mol. The highest BCUT2D eigenvalue weighted by Crippen LogP contribution is 2.23. The first-order valence-corrected chi connectivity index (χ1v) is 6.93. The summed E-state index contributed by atoms with van der Waals surface area (Å²) in [5, 5.41) is 0. The van der Waals surface area contributed by atoms with Crippen molar-refractivity contribution in [3.63, 3.8) is 0 Å². The van der Waals surface area contributed by atoms with Crippen LogP contribution in [-0.4, -0.2) is 48.4 Å². The zero-order chi connectivity index (χ0) is 13.8. The maximum Gasteiger partial charge on any atom is 0.244 e. The van der Waals surface area contributed by atoms with Crippen LogP contribution in [0.25, 0.3) is 0 Å². The SMILES string of the molecule is CCN(C)C(C(=O)N1CC[C@@H](N)C1)c1ccccc1. The Bertz CT molecular complexity index is 421. The van der Waals surface area contributed by atoms with Gasteiger partial charge in [-0.15, -0.1) is 0 Å². The number of carbonyl (C=O) groups is 1. The fraction of sp³-hybridized carbons (Fsp3) is 0.533. The number of amides is 1. The second-order valence-corrected chi connectivity index (χ2v) is 5.22. The molecule has 0 aliphatic carbocycles. The van der Waals surface area contributed by atoms with Crippen LogP contribution in [0.4, 0.5) is 0 Å². The van der Waals surface area contributed by atoms with Crippen LogP contribution in [0.2, 0.25) is 0 Å². The van der Waals surface area contributed by atoms with Gasteiger partial charge >= 0.3 is 0 Å². The van der Waals surface area contributed by atoms with E-state index in [0.29, 0.717) is 6.54 Å². The molecule has 19 heavy (non-hydrogen) atoms. The fourth-order valence-corrected chi connectivity index (χ4v) is 2.56. The summed E-state index contributed by atoms with van der Waals surface area (Å²) in [6.45, 7) is 4.37. The first-order chi connectivity index (χ1) is 9.13. The first-order valence-electron chi connectivity index (χ1n) is 6.93. The van der Waals surface area contributed by atoms with Gasteiger partial charge in [0.15, 0.2) is 0 Å². The van der Waals surface area contributed by atoms with Crippen LogP contribution < -0.4 is 5.73 Å². The molecule has 2 rings (SSSR count). The topological polar surface area (TPSA) is 49.6 Å². The minimum Gasteiger partial charge on any atom is -0.339 e. The molecule has 1 aromatic rings. The third-order valence-electron chi connectivity index (χ3n) is 3.83. The molecule has 1 aromatic carbocycles. The van der Waals surface area contributed by atoms with Crippen LogP contribution in [0.5, 0.6) is 0 Å². The van der Waals surface area contributed by atoms with Gasteiger partial charge in [-0.1, -0.05) is 37.3 Å². The second-order valence-electron chi connectivity index (χ2n) is 5.22. The van der Waals surface area contributed by atoms with E-state index in [1.54, 1.807) is 0 Å². The molecule has 1 saturated heterocycles. The smallest absolute Gasteiger partial charge is 0.244 e. The molecule has 1 heterocycles. The standard InChI is InChI=1S/C15H23N3O/c1-3-17(2)14(12-7-5-4-6-8-12)15(19)18-10-9-13(16)11-18/h4-8,13-14H,3,9-11,16H2,1-2H3/t13-,14?/m1/s1. The van der Waals surface area contributed by atoms with Crippen LogP contribution >= 0.6 is 0 Å². The summed E-state index contributed by atoms with van der Waals surface area (Å²) in [5.41, 5.74) is 6.96. The van der Waals surface area contributed by atoms with Gasteiger partial charge in [0.1, 0.15) is 6.04 Å². The van der Waals surface area contributed by atoms with E-state index in [2.05, 4.69) is 11.8 Å². The fourth-order valence-electron chi connectivity index (χ4n) is 2.56. The average molecular weight is 261 g/mol. The Morgan fingerprint density at radius 3 is 2.68 bits per heavy atom. The van der Waals surface area contributed by atoms with Gasteiger partial charge in [-0.05, 0) is 25.6 Å². The van der Waals surface area contributed by atoms with Gasteiger partial charge in [0, 0.05) is 19.1 Å². The minimum atomic E-state index is -0.198. The first kappa shape index (κ1) is 14.0. The molecular weight excluding hydrogens is 238 g/mol. The molecule has 0 aromatic heterocycles.